The molecule has 0 aromatic rings. The maximum Gasteiger partial charge on any atom is 0.235 e. The third-order valence-corrected chi connectivity index (χ3v) is 5.46. The van der Waals surface area contributed by atoms with Crippen LogP contribution in [0.4, 0.5) is 0 Å². The van der Waals surface area contributed by atoms with E-state index in [1.165, 1.54) is 37.9 Å². The number of hydrogen-bond acceptors (Lipinski definition) is 2. The summed E-state index contributed by atoms with van der Waals surface area (Å²) in [7, 11) is 0. The van der Waals surface area contributed by atoms with Gasteiger partial charge in [-0.2, -0.15) is 0 Å². The Morgan fingerprint density at radius 3 is 2.94 bits per heavy atom. The van der Waals surface area contributed by atoms with Gasteiger partial charge in [0.1, 0.15) is 0 Å². The number of carbonyl (C=O) groups is 1. The van der Waals surface area contributed by atoms with Crippen molar-refractivity contribution < 1.29 is 4.79 Å². The first-order chi connectivity index (χ1) is 7.83. The quantitative estimate of drug-likeness (QED) is 0.744. The molecular weight excluding hydrogens is 286 g/mol. The first-order valence-corrected chi connectivity index (χ1v) is 8.48. The molecule has 0 saturated carbocycles. The van der Waals surface area contributed by atoms with Gasteiger partial charge in [0.05, 0.1) is 5.25 Å². The molecule has 0 radical (unpaired) electrons. The summed E-state index contributed by atoms with van der Waals surface area (Å²) in [5.41, 5.74) is 0. The van der Waals surface area contributed by atoms with E-state index >= 15 is 0 Å². The van der Waals surface area contributed by atoms with Gasteiger partial charge in [-0.3, -0.25) is 4.79 Å². The standard InChI is InChI=1S/C12H20BrNOS/c13-7-1-4-10-5-2-8-14(10)12(15)11-6-3-9-16-11/h10-11H,1-9H2. The predicted octanol–water partition coefficient (Wildman–Crippen LogP) is 3.05. The van der Waals surface area contributed by atoms with Crippen LogP contribution in [-0.4, -0.2) is 39.7 Å². The van der Waals surface area contributed by atoms with E-state index in [-0.39, 0.29) is 5.25 Å². The summed E-state index contributed by atoms with van der Waals surface area (Å²) < 4.78 is 0. The number of alkyl halides is 1. The molecule has 0 spiro atoms. The van der Waals surface area contributed by atoms with E-state index in [0.29, 0.717) is 11.9 Å². The predicted molar refractivity (Wildman–Crippen MR) is 73.2 cm³/mol. The second-order valence-corrected chi connectivity index (χ2v) is 6.76. The number of amides is 1. The van der Waals surface area contributed by atoms with Gasteiger partial charge < -0.3 is 4.90 Å². The van der Waals surface area contributed by atoms with Crippen molar-refractivity contribution in [3.8, 4) is 0 Å². The Kier molecular flexibility index (Phi) is 5.01. The molecule has 2 aliphatic rings. The van der Waals surface area contributed by atoms with Crippen LogP contribution in [0.2, 0.25) is 0 Å². The molecule has 2 unspecified atom stereocenters. The molecule has 0 aromatic heterocycles. The van der Waals surface area contributed by atoms with E-state index in [1.54, 1.807) is 0 Å². The molecule has 2 heterocycles. The van der Waals surface area contributed by atoms with Crippen molar-refractivity contribution in [1.82, 2.24) is 4.90 Å². The fourth-order valence-corrected chi connectivity index (χ4v) is 4.25. The topological polar surface area (TPSA) is 20.3 Å². The highest BCUT2D eigenvalue weighted by molar-refractivity contribution is 9.09. The molecule has 2 atom stereocenters. The zero-order chi connectivity index (χ0) is 11.4. The highest BCUT2D eigenvalue weighted by atomic mass is 79.9. The molecule has 92 valence electrons. The minimum absolute atomic E-state index is 0.282. The third kappa shape index (κ3) is 2.95. The maximum absolute atomic E-state index is 12.3. The first-order valence-electron chi connectivity index (χ1n) is 6.31. The molecule has 0 N–H and O–H groups in total. The van der Waals surface area contributed by atoms with E-state index in [1.807, 2.05) is 11.8 Å². The summed E-state index contributed by atoms with van der Waals surface area (Å²) in [5, 5.41) is 1.34. The van der Waals surface area contributed by atoms with Gasteiger partial charge in [0.15, 0.2) is 0 Å². The molecule has 16 heavy (non-hydrogen) atoms. The average Bonchev–Trinajstić information content (AvgIpc) is 2.96. The van der Waals surface area contributed by atoms with Gasteiger partial charge in [-0.05, 0) is 44.3 Å². The van der Waals surface area contributed by atoms with Crippen molar-refractivity contribution in [2.75, 3.05) is 17.6 Å². The molecule has 2 rings (SSSR count). The Labute approximate surface area is 111 Å². The van der Waals surface area contributed by atoms with Crippen molar-refractivity contribution in [2.24, 2.45) is 0 Å². The van der Waals surface area contributed by atoms with Gasteiger partial charge in [0.2, 0.25) is 5.91 Å². The minimum atomic E-state index is 0.282. The van der Waals surface area contributed by atoms with Gasteiger partial charge in [-0.1, -0.05) is 15.9 Å². The maximum atomic E-state index is 12.3. The second-order valence-electron chi connectivity index (χ2n) is 4.66. The molecule has 1 amide bonds. The molecule has 0 bridgehead atoms. The summed E-state index contributed by atoms with van der Waals surface area (Å²) >= 11 is 5.34. The van der Waals surface area contributed by atoms with Gasteiger partial charge in [-0.15, -0.1) is 11.8 Å². The Morgan fingerprint density at radius 1 is 1.38 bits per heavy atom. The highest BCUT2D eigenvalue weighted by Crippen LogP contribution is 2.31. The molecule has 2 saturated heterocycles. The van der Waals surface area contributed by atoms with E-state index in [0.717, 1.165) is 18.3 Å². The van der Waals surface area contributed by atoms with Crippen LogP contribution in [-0.2, 0) is 4.79 Å². The zero-order valence-electron chi connectivity index (χ0n) is 9.66. The fourth-order valence-electron chi connectivity index (χ4n) is 2.70. The van der Waals surface area contributed by atoms with Crippen LogP contribution in [0.3, 0.4) is 0 Å². The Hall–Kier alpha value is 0.300. The number of thioether (sulfide) groups is 1. The number of halogens is 1. The average molecular weight is 306 g/mol. The monoisotopic (exact) mass is 305 g/mol. The Morgan fingerprint density at radius 2 is 2.25 bits per heavy atom. The Bertz CT molecular complexity index is 243. The van der Waals surface area contributed by atoms with Crippen LogP contribution in [0.25, 0.3) is 0 Å². The molecule has 2 fully saturated rings. The number of hydrogen-bond donors (Lipinski definition) is 0. The van der Waals surface area contributed by atoms with Crippen LogP contribution < -0.4 is 0 Å². The molecule has 0 aromatic carbocycles. The summed E-state index contributed by atoms with van der Waals surface area (Å²) in [6.07, 6.45) is 7.11. The van der Waals surface area contributed by atoms with Gasteiger partial charge in [0, 0.05) is 17.9 Å². The zero-order valence-corrected chi connectivity index (χ0v) is 12.1. The normalized spacial score (nSPS) is 29.9. The van der Waals surface area contributed by atoms with Gasteiger partial charge in [0.25, 0.3) is 0 Å². The lowest BCUT2D eigenvalue weighted by atomic mass is 10.1. The van der Waals surface area contributed by atoms with Crippen LogP contribution in [0.5, 0.6) is 0 Å². The van der Waals surface area contributed by atoms with Crippen molar-refractivity contribution in [1.29, 1.82) is 0 Å². The van der Waals surface area contributed by atoms with Crippen LogP contribution >= 0.6 is 27.7 Å². The van der Waals surface area contributed by atoms with Gasteiger partial charge in [-0.25, -0.2) is 0 Å². The third-order valence-electron chi connectivity index (χ3n) is 3.54. The smallest absolute Gasteiger partial charge is 0.235 e. The van der Waals surface area contributed by atoms with E-state index in [4.69, 9.17) is 0 Å². The summed E-state index contributed by atoms with van der Waals surface area (Å²) in [5.74, 6) is 1.61. The summed E-state index contributed by atoms with van der Waals surface area (Å²) in [4.78, 5) is 14.5. The number of nitrogens with zero attached hydrogens (tertiary/aromatic N) is 1. The largest absolute Gasteiger partial charge is 0.339 e. The Balaban J connectivity index is 1.88. The first kappa shape index (κ1) is 12.7. The minimum Gasteiger partial charge on any atom is -0.339 e. The SMILES string of the molecule is O=C(C1CCCS1)N1CCCC1CCCBr. The summed E-state index contributed by atoms with van der Waals surface area (Å²) in [6.45, 7) is 1.00. The highest BCUT2D eigenvalue weighted by Gasteiger charge is 2.34. The molecule has 0 aliphatic carbocycles. The summed E-state index contributed by atoms with van der Waals surface area (Å²) in [6, 6.07) is 0.534. The number of likely N-dealkylation sites (tertiary alicyclic amines) is 1. The lowest BCUT2D eigenvalue weighted by molar-refractivity contribution is -0.131. The van der Waals surface area contributed by atoms with E-state index in [9.17, 15) is 4.79 Å². The van der Waals surface area contributed by atoms with Crippen molar-refractivity contribution in [3.05, 3.63) is 0 Å². The van der Waals surface area contributed by atoms with Crippen molar-refractivity contribution in [3.63, 3.8) is 0 Å². The number of carbonyl (C=O) groups excluding carboxylic acids is 1. The van der Waals surface area contributed by atoms with Crippen LogP contribution in [0, 0.1) is 0 Å². The van der Waals surface area contributed by atoms with Gasteiger partial charge >= 0.3 is 0 Å². The second kappa shape index (κ2) is 6.29. The lowest BCUT2D eigenvalue weighted by Gasteiger charge is -2.27. The fraction of sp³-hybridized carbons (Fsp3) is 0.917. The van der Waals surface area contributed by atoms with Crippen LogP contribution in [0.1, 0.15) is 38.5 Å². The van der Waals surface area contributed by atoms with Crippen LogP contribution in [0.15, 0.2) is 0 Å². The molecule has 2 nitrogen and oxygen atoms in total. The van der Waals surface area contributed by atoms with Crippen molar-refractivity contribution in [2.45, 2.75) is 49.8 Å². The van der Waals surface area contributed by atoms with E-state index < -0.39 is 0 Å². The van der Waals surface area contributed by atoms with E-state index in [2.05, 4.69) is 20.8 Å². The molecular formula is C12H20BrNOS. The number of rotatable bonds is 4. The molecule has 2 aliphatic heterocycles. The molecule has 4 heteroatoms. The lowest BCUT2D eigenvalue weighted by Crippen LogP contribution is -2.40. The van der Waals surface area contributed by atoms with Crippen molar-refractivity contribution >= 4 is 33.6 Å².